The lowest BCUT2D eigenvalue weighted by atomic mass is 9.98. The van der Waals surface area contributed by atoms with Gasteiger partial charge in [-0.15, -0.1) is 10.2 Å². The molecule has 4 rings (SSSR count). The molecule has 0 atom stereocenters. The Morgan fingerprint density at radius 2 is 1.84 bits per heavy atom. The molecule has 3 aromatic rings. The summed E-state index contributed by atoms with van der Waals surface area (Å²) in [6.45, 7) is 6.88. The zero-order chi connectivity index (χ0) is 22.0. The molecule has 1 saturated heterocycles. The van der Waals surface area contributed by atoms with Crippen LogP contribution in [0.1, 0.15) is 43.0 Å². The molecule has 9 nitrogen and oxygen atoms in total. The Morgan fingerprint density at radius 1 is 1.13 bits per heavy atom. The Morgan fingerprint density at radius 3 is 2.48 bits per heavy atom. The van der Waals surface area contributed by atoms with Crippen LogP contribution >= 0.6 is 0 Å². The van der Waals surface area contributed by atoms with Crippen LogP contribution in [-0.4, -0.2) is 52.6 Å². The van der Waals surface area contributed by atoms with Crippen molar-refractivity contribution in [2.45, 2.75) is 44.4 Å². The van der Waals surface area contributed by atoms with Gasteiger partial charge in [-0.05, 0) is 57.4 Å². The highest BCUT2D eigenvalue weighted by molar-refractivity contribution is 7.89. The number of nitrogens with zero attached hydrogens (tertiary/aromatic N) is 5. The number of sulfonamides is 1. The number of hydrogen-bond donors (Lipinski definition) is 0. The van der Waals surface area contributed by atoms with Crippen molar-refractivity contribution in [1.82, 2.24) is 24.5 Å². The molecule has 164 valence electrons. The number of hydrogen-bond acceptors (Lipinski definition) is 8. The first-order valence-electron chi connectivity index (χ1n) is 10.2. The van der Waals surface area contributed by atoms with Crippen LogP contribution in [0.2, 0.25) is 0 Å². The monoisotopic (exact) mass is 443 g/mol. The summed E-state index contributed by atoms with van der Waals surface area (Å²) in [5, 5.41) is 8.27. The molecule has 1 aromatic carbocycles. The Bertz CT molecular complexity index is 1150. The summed E-state index contributed by atoms with van der Waals surface area (Å²) in [5.74, 6) is 2.27. The standard InChI is InChI=1S/C21H25N5O4S/c1-4-29-19-6-5-18(11-14(19)2)31(27,28)26-9-7-16(8-10-26)20-24-25-21(30-20)17-12-22-15(3)23-13-17/h5-6,11-13,16H,4,7-10H2,1-3H3. The molecule has 31 heavy (non-hydrogen) atoms. The van der Waals surface area contributed by atoms with Gasteiger partial charge in [0.05, 0.1) is 17.1 Å². The van der Waals surface area contributed by atoms with Crippen molar-refractivity contribution in [2.24, 2.45) is 0 Å². The molecule has 0 radical (unpaired) electrons. The van der Waals surface area contributed by atoms with Gasteiger partial charge in [-0.3, -0.25) is 0 Å². The van der Waals surface area contributed by atoms with Crippen LogP contribution < -0.4 is 4.74 Å². The molecule has 0 aliphatic carbocycles. The normalized spacial score (nSPS) is 15.8. The van der Waals surface area contributed by atoms with Gasteiger partial charge in [0, 0.05) is 31.4 Å². The minimum Gasteiger partial charge on any atom is -0.494 e. The Kier molecular flexibility index (Phi) is 6.01. The minimum absolute atomic E-state index is 0.0149. The third-order valence-electron chi connectivity index (χ3n) is 5.36. The quantitative estimate of drug-likeness (QED) is 0.571. The van der Waals surface area contributed by atoms with Crippen LogP contribution in [0.5, 0.6) is 5.75 Å². The average Bonchev–Trinajstić information content (AvgIpc) is 3.26. The summed E-state index contributed by atoms with van der Waals surface area (Å²) >= 11 is 0. The third kappa shape index (κ3) is 4.45. The van der Waals surface area contributed by atoms with Crippen molar-refractivity contribution < 1.29 is 17.6 Å². The fourth-order valence-electron chi connectivity index (χ4n) is 3.61. The van der Waals surface area contributed by atoms with Crippen molar-refractivity contribution in [3.05, 3.63) is 47.9 Å². The zero-order valence-corrected chi connectivity index (χ0v) is 18.6. The Labute approximate surface area is 181 Å². The molecule has 0 unspecified atom stereocenters. The van der Waals surface area contributed by atoms with Crippen LogP contribution in [0.15, 0.2) is 39.9 Å². The lowest BCUT2D eigenvalue weighted by Crippen LogP contribution is -2.38. The highest BCUT2D eigenvalue weighted by Crippen LogP contribution is 2.32. The topological polar surface area (TPSA) is 111 Å². The second-order valence-electron chi connectivity index (χ2n) is 7.50. The Hall–Kier alpha value is -2.85. The Balaban J connectivity index is 1.44. The van der Waals surface area contributed by atoms with Crippen LogP contribution in [0.4, 0.5) is 0 Å². The van der Waals surface area contributed by atoms with Crippen molar-refractivity contribution in [3.8, 4) is 17.2 Å². The second kappa shape index (κ2) is 8.72. The van der Waals surface area contributed by atoms with Gasteiger partial charge in [0.1, 0.15) is 11.6 Å². The van der Waals surface area contributed by atoms with Gasteiger partial charge in [0.25, 0.3) is 5.89 Å². The van der Waals surface area contributed by atoms with Crippen molar-refractivity contribution in [2.75, 3.05) is 19.7 Å². The zero-order valence-electron chi connectivity index (χ0n) is 17.8. The predicted molar refractivity (Wildman–Crippen MR) is 113 cm³/mol. The van der Waals surface area contributed by atoms with Gasteiger partial charge in [-0.25, -0.2) is 18.4 Å². The number of piperidine rings is 1. The maximum atomic E-state index is 13.1. The van der Waals surface area contributed by atoms with E-state index in [0.29, 0.717) is 61.5 Å². The van der Waals surface area contributed by atoms with Crippen LogP contribution in [0.3, 0.4) is 0 Å². The summed E-state index contributed by atoms with van der Waals surface area (Å²) in [5.41, 5.74) is 1.46. The van der Waals surface area contributed by atoms with Gasteiger partial charge < -0.3 is 9.15 Å². The molecule has 0 N–H and O–H groups in total. The highest BCUT2D eigenvalue weighted by Gasteiger charge is 2.32. The summed E-state index contributed by atoms with van der Waals surface area (Å²) in [6, 6.07) is 4.99. The SMILES string of the molecule is CCOc1ccc(S(=O)(=O)N2CCC(c3nnc(-c4cnc(C)nc4)o3)CC2)cc1C. The number of benzene rings is 1. The number of rotatable bonds is 6. The number of aryl methyl sites for hydroxylation is 2. The lowest BCUT2D eigenvalue weighted by molar-refractivity contribution is 0.291. The minimum atomic E-state index is -3.57. The molecule has 0 amide bonds. The van der Waals surface area contributed by atoms with E-state index in [0.717, 1.165) is 5.56 Å². The van der Waals surface area contributed by atoms with E-state index in [9.17, 15) is 8.42 Å². The van der Waals surface area contributed by atoms with Crippen molar-refractivity contribution in [1.29, 1.82) is 0 Å². The molecule has 10 heteroatoms. The fraction of sp³-hybridized carbons (Fsp3) is 0.429. The van der Waals surface area contributed by atoms with Gasteiger partial charge >= 0.3 is 0 Å². The first-order chi connectivity index (χ1) is 14.9. The third-order valence-corrected chi connectivity index (χ3v) is 7.25. The summed E-state index contributed by atoms with van der Waals surface area (Å²) in [6.07, 6.45) is 4.52. The van der Waals surface area contributed by atoms with E-state index in [1.54, 1.807) is 37.5 Å². The maximum Gasteiger partial charge on any atom is 0.250 e. The van der Waals surface area contributed by atoms with E-state index in [1.165, 1.54) is 4.31 Å². The number of ether oxygens (including phenoxy) is 1. The molecule has 0 spiro atoms. The van der Waals surface area contributed by atoms with Crippen LogP contribution in [0.25, 0.3) is 11.5 Å². The molecular formula is C21H25N5O4S. The largest absolute Gasteiger partial charge is 0.494 e. The van der Waals surface area contributed by atoms with E-state index >= 15 is 0 Å². The highest BCUT2D eigenvalue weighted by atomic mass is 32.2. The summed E-state index contributed by atoms with van der Waals surface area (Å²) in [7, 11) is -3.57. The summed E-state index contributed by atoms with van der Waals surface area (Å²) in [4.78, 5) is 8.57. The molecule has 0 bridgehead atoms. The average molecular weight is 444 g/mol. The van der Waals surface area contributed by atoms with E-state index < -0.39 is 10.0 Å². The molecule has 1 fully saturated rings. The van der Waals surface area contributed by atoms with Gasteiger partial charge in [0.15, 0.2) is 0 Å². The smallest absolute Gasteiger partial charge is 0.250 e. The maximum absolute atomic E-state index is 13.1. The van der Waals surface area contributed by atoms with E-state index in [1.807, 2.05) is 13.8 Å². The second-order valence-corrected chi connectivity index (χ2v) is 9.44. The predicted octanol–water partition coefficient (Wildman–Crippen LogP) is 3.11. The molecule has 3 heterocycles. The van der Waals surface area contributed by atoms with Gasteiger partial charge in [-0.2, -0.15) is 4.31 Å². The van der Waals surface area contributed by atoms with Crippen LogP contribution in [0, 0.1) is 13.8 Å². The molecule has 1 aliphatic rings. The molecule has 0 saturated carbocycles. The fourth-order valence-corrected chi connectivity index (χ4v) is 5.17. The van der Waals surface area contributed by atoms with Crippen molar-refractivity contribution in [3.63, 3.8) is 0 Å². The summed E-state index contributed by atoms with van der Waals surface area (Å²) < 4.78 is 39.0. The molecular weight excluding hydrogens is 418 g/mol. The van der Waals surface area contributed by atoms with Gasteiger partial charge in [0.2, 0.25) is 15.9 Å². The van der Waals surface area contributed by atoms with E-state index in [-0.39, 0.29) is 10.8 Å². The van der Waals surface area contributed by atoms with E-state index in [4.69, 9.17) is 9.15 Å². The molecule has 2 aromatic heterocycles. The van der Waals surface area contributed by atoms with Gasteiger partial charge in [-0.1, -0.05) is 0 Å². The first kappa shape index (κ1) is 21.4. The van der Waals surface area contributed by atoms with E-state index in [2.05, 4.69) is 20.2 Å². The number of aromatic nitrogens is 4. The lowest BCUT2D eigenvalue weighted by Gasteiger charge is -2.29. The molecule has 1 aliphatic heterocycles. The van der Waals surface area contributed by atoms with Crippen molar-refractivity contribution >= 4 is 10.0 Å². The van der Waals surface area contributed by atoms with Crippen LogP contribution in [-0.2, 0) is 10.0 Å². The first-order valence-corrected chi connectivity index (χ1v) is 11.7.